The van der Waals surface area contributed by atoms with Crippen molar-refractivity contribution in [2.75, 3.05) is 12.4 Å². The van der Waals surface area contributed by atoms with Crippen molar-refractivity contribution in [1.82, 2.24) is 20.3 Å². The molecule has 2 saturated heterocycles. The number of hydrogen-bond acceptors (Lipinski definition) is 9. The number of rotatable bonds is 6. The Morgan fingerprint density at radius 2 is 2.12 bits per heavy atom. The van der Waals surface area contributed by atoms with E-state index in [1.54, 1.807) is 6.07 Å². The van der Waals surface area contributed by atoms with E-state index < -0.39 is 35.5 Å². The summed E-state index contributed by atoms with van der Waals surface area (Å²) in [5.41, 5.74) is -2.19. The molecular weight excluding hydrogens is 368 g/mol. The van der Waals surface area contributed by atoms with Gasteiger partial charge in [0.25, 0.3) is 5.91 Å². The van der Waals surface area contributed by atoms with E-state index >= 15 is 0 Å². The molecule has 2 aliphatic heterocycles. The fourth-order valence-electron chi connectivity index (χ4n) is 2.48. The first kappa shape index (κ1) is 18.1. The fourth-order valence-corrected chi connectivity index (χ4v) is 3.09. The second-order valence-electron chi connectivity index (χ2n) is 5.43. The molecule has 3 heterocycles. The minimum absolute atomic E-state index is 0.0349. The van der Waals surface area contributed by atoms with Crippen LogP contribution >= 0.6 is 11.8 Å². The zero-order chi connectivity index (χ0) is 18.7. The molecule has 2 amide bonds. The maximum atomic E-state index is 12.4. The molecule has 0 radical (unpaired) electrons. The van der Waals surface area contributed by atoms with Gasteiger partial charge in [-0.1, -0.05) is 11.8 Å². The summed E-state index contributed by atoms with van der Waals surface area (Å²) in [7, 11) is 0. The van der Waals surface area contributed by atoms with Crippen LogP contribution in [0.1, 0.15) is 12.8 Å². The monoisotopic (exact) mass is 382 g/mol. The van der Waals surface area contributed by atoms with Crippen molar-refractivity contribution in [2.24, 2.45) is 0 Å². The average molecular weight is 382 g/mol. The second kappa shape index (κ2) is 7.25. The third-order valence-corrected chi connectivity index (χ3v) is 4.57. The van der Waals surface area contributed by atoms with Gasteiger partial charge in [-0.15, -0.1) is 0 Å². The normalized spacial score (nSPS) is 25.2. The third kappa shape index (κ3) is 3.46. The van der Waals surface area contributed by atoms with Crippen LogP contribution in [0.25, 0.3) is 0 Å². The Morgan fingerprint density at radius 1 is 1.38 bits per heavy atom. The first-order valence-electron chi connectivity index (χ1n) is 7.54. The Balaban J connectivity index is 1.59. The van der Waals surface area contributed by atoms with E-state index in [0.29, 0.717) is 10.2 Å². The molecule has 2 fully saturated rings. The van der Waals surface area contributed by atoms with Gasteiger partial charge in [0, 0.05) is 18.8 Å². The Bertz CT molecular complexity index is 746. The smallest absolute Gasteiger partial charge is 0.372 e. The Morgan fingerprint density at radius 3 is 2.73 bits per heavy atom. The summed E-state index contributed by atoms with van der Waals surface area (Å²) in [6, 6.07) is 0.566. The highest BCUT2D eigenvalue weighted by Crippen LogP contribution is 2.34. The molecule has 3 rings (SSSR count). The van der Waals surface area contributed by atoms with E-state index in [9.17, 15) is 24.3 Å². The van der Waals surface area contributed by atoms with Gasteiger partial charge in [-0.3, -0.25) is 19.2 Å². The Hall–Kier alpha value is -2.73. The molecule has 0 saturated carbocycles. The molecule has 12 heteroatoms. The molecule has 2 aliphatic rings. The molecule has 26 heavy (non-hydrogen) atoms. The number of aromatic nitrogens is 2. The number of carboxylic acid groups (broad SMARTS) is 1. The number of esters is 1. The van der Waals surface area contributed by atoms with Crippen LogP contribution in [0.15, 0.2) is 23.6 Å². The standard InChI is InChI=1S/C14H14N4O7S/c19-9(7-26-13-15-4-1-5-16-13)17-8-6-24-18(11(8)21)14(12(22)23)3-2-10(20)25-14/h1,4-5,8H,2-3,6-7H2,(H,17,19)(H,22,23)/t8-,14?/m0/s1. The van der Waals surface area contributed by atoms with Gasteiger partial charge in [0.2, 0.25) is 5.91 Å². The lowest BCUT2D eigenvalue weighted by Gasteiger charge is -2.30. The van der Waals surface area contributed by atoms with Gasteiger partial charge in [-0.05, 0) is 6.07 Å². The van der Waals surface area contributed by atoms with Crippen molar-refractivity contribution in [3.8, 4) is 0 Å². The number of amides is 2. The largest absolute Gasteiger partial charge is 0.477 e. The maximum absolute atomic E-state index is 12.4. The molecule has 0 aromatic carbocycles. The van der Waals surface area contributed by atoms with Gasteiger partial charge in [0.1, 0.15) is 12.6 Å². The minimum atomic E-state index is -2.19. The van der Waals surface area contributed by atoms with E-state index in [1.165, 1.54) is 12.4 Å². The van der Waals surface area contributed by atoms with Crippen molar-refractivity contribution in [2.45, 2.75) is 29.8 Å². The zero-order valence-corrected chi connectivity index (χ0v) is 14.1. The molecule has 1 aromatic rings. The van der Waals surface area contributed by atoms with Crippen LogP contribution in [0.5, 0.6) is 0 Å². The van der Waals surface area contributed by atoms with Crippen molar-refractivity contribution in [3.05, 3.63) is 18.5 Å². The molecule has 2 N–H and O–H groups in total. The van der Waals surface area contributed by atoms with Crippen molar-refractivity contribution < 1.29 is 33.9 Å². The number of nitrogens with zero attached hydrogens (tertiary/aromatic N) is 3. The van der Waals surface area contributed by atoms with Crippen LogP contribution < -0.4 is 5.32 Å². The number of cyclic esters (lactones) is 1. The SMILES string of the molecule is O=C(CSc1ncccn1)N[C@H]1CON(C2(C(=O)O)CCC(=O)O2)C1=O. The topological polar surface area (TPSA) is 148 Å². The first-order chi connectivity index (χ1) is 12.4. The summed E-state index contributed by atoms with van der Waals surface area (Å²) in [5.74, 6) is -3.56. The molecule has 0 bridgehead atoms. The lowest BCUT2D eigenvalue weighted by Crippen LogP contribution is -2.56. The highest BCUT2D eigenvalue weighted by Gasteiger charge is 2.59. The lowest BCUT2D eigenvalue weighted by molar-refractivity contribution is -0.256. The molecule has 2 atom stereocenters. The van der Waals surface area contributed by atoms with Gasteiger partial charge in [0.05, 0.1) is 12.2 Å². The van der Waals surface area contributed by atoms with Crippen LogP contribution in [0.3, 0.4) is 0 Å². The number of ether oxygens (including phenoxy) is 1. The number of nitrogens with one attached hydrogen (secondary N) is 1. The number of aliphatic carboxylic acids is 1. The van der Waals surface area contributed by atoms with Gasteiger partial charge < -0.3 is 15.2 Å². The predicted octanol–water partition coefficient (Wildman–Crippen LogP) is -1.05. The molecule has 0 aliphatic carbocycles. The van der Waals surface area contributed by atoms with Crippen molar-refractivity contribution >= 4 is 35.5 Å². The molecule has 11 nitrogen and oxygen atoms in total. The van der Waals surface area contributed by atoms with Crippen LogP contribution in [-0.4, -0.2) is 68.0 Å². The van der Waals surface area contributed by atoms with Gasteiger partial charge >= 0.3 is 17.7 Å². The minimum Gasteiger partial charge on any atom is -0.477 e. The lowest BCUT2D eigenvalue weighted by atomic mass is 10.1. The Labute approximate surface area is 151 Å². The number of carbonyl (C=O) groups is 4. The molecule has 138 valence electrons. The molecular formula is C14H14N4O7S. The van der Waals surface area contributed by atoms with Crippen LogP contribution in [-0.2, 0) is 28.8 Å². The number of carboxylic acids is 1. The highest BCUT2D eigenvalue weighted by molar-refractivity contribution is 7.99. The predicted molar refractivity (Wildman–Crippen MR) is 83.2 cm³/mol. The van der Waals surface area contributed by atoms with E-state index in [2.05, 4.69) is 15.3 Å². The zero-order valence-electron chi connectivity index (χ0n) is 13.3. The van der Waals surface area contributed by atoms with E-state index in [1.807, 2.05) is 0 Å². The summed E-state index contributed by atoms with van der Waals surface area (Å²) in [6.07, 6.45) is 2.69. The van der Waals surface area contributed by atoms with Crippen LogP contribution in [0.2, 0.25) is 0 Å². The second-order valence-corrected chi connectivity index (χ2v) is 6.37. The molecule has 1 unspecified atom stereocenters. The quantitative estimate of drug-likeness (QED) is 0.354. The summed E-state index contributed by atoms with van der Waals surface area (Å²) in [5, 5.41) is 12.8. The summed E-state index contributed by atoms with van der Waals surface area (Å²) < 4.78 is 4.83. The fraction of sp³-hybridized carbons (Fsp3) is 0.429. The summed E-state index contributed by atoms with van der Waals surface area (Å²) in [6.45, 7) is -0.260. The van der Waals surface area contributed by atoms with E-state index in [-0.39, 0.29) is 25.2 Å². The summed E-state index contributed by atoms with van der Waals surface area (Å²) >= 11 is 1.08. The first-order valence-corrected chi connectivity index (χ1v) is 8.52. The van der Waals surface area contributed by atoms with E-state index in [4.69, 9.17) is 9.57 Å². The van der Waals surface area contributed by atoms with Crippen molar-refractivity contribution in [3.63, 3.8) is 0 Å². The van der Waals surface area contributed by atoms with Crippen LogP contribution in [0.4, 0.5) is 0 Å². The number of thioether (sulfide) groups is 1. The number of carbonyl (C=O) groups excluding carboxylic acids is 3. The Kier molecular flexibility index (Phi) is 5.04. The highest BCUT2D eigenvalue weighted by atomic mass is 32.2. The van der Waals surface area contributed by atoms with Crippen molar-refractivity contribution in [1.29, 1.82) is 0 Å². The summed E-state index contributed by atoms with van der Waals surface area (Å²) in [4.78, 5) is 60.3. The average Bonchev–Trinajstić information content (AvgIpc) is 3.18. The number of hydrogen-bond donors (Lipinski definition) is 2. The molecule has 1 aromatic heterocycles. The number of hydroxylamine groups is 2. The van der Waals surface area contributed by atoms with E-state index in [0.717, 1.165) is 11.8 Å². The third-order valence-electron chi connectivity index (χ3n) is 3.69. The van der Waals surface area contributed by atoms with Gasteiger partial charge in [0.15, 0.2) is 5.16 Å². The maximum Gasteiger partial charge on any atom is 0.372 e. The van der Waals surface area contributed by atoms with Gasteiger partial charge in [-0.25, -0.2) is 14.8 Å². The van der Waals surface area contributed by atoms with Gasteiger partial charge in [-0.2, -0.15) is 5.06 Å². The van der Waals surface area contributed by atoms with Crippen LogP contribution in [0, 0.1) is 0 Å². The molecule has 0 spiro atoms.